The summed E-state index contributed by atoms with van der Waals surface area (Å²) in [6, 6.07) is 17.4. The van der Waals surface area contributed by atoms with Crippen LogP contribution in [0, 0.1) is 0 Å². The summed E-state index contributed by atoms with van der Waals surface area (Å²) in [4.78, 5) is 17.0. The Balaban J connectivity index is 1.56. The molecule has 0 spiro atoms. The summed E-state index contributed by atoms with van der Waals surface area (Å²) in [6.07, 6.45) is 1.42. The summed E-state index contributed by atoms with van der Waals surface area (Å²) in [7, 11) is 1.51. The predicted molar refractivity (Wildman–Crippen MR) is 127 cm³/mol. The van der Waals surface area contributed by atoms with Gasteiger partial charge < -0.3 is 19.6 Å². The zero-order valence-electron chi connectivity index (χ0n) is 17.0. The van der Waals surface area contributed by atoms with Crippen molar-refractivity contribution >= 4 is 52.6 Å². The van der Waals surface area contributed by atoms with Crippen LogP contribution in [0.25, 0.3) is 0 Å². The Kier molecular flexibility index (Phi) is 8.62. The smallest absolute Gasteiger partial charge is 0.265 e. The number of anilines is 1. The molecule has 0 saturated carbocycles. The van der Waals surface area contributed by atoms with Crippen LogP contribution in [-0.2, 0) is 16.2 Å². The van der Waals surface area contributed by atoms with Gasteiger partial charge in [-0.05, 0) is 54.1 Å². The Morgan fingerprint density at radius 1 is 1.00 bits per heavy atom. The molecule has 0 unspecified atom stereocenters. The molecule has 0 aliphatic rings. The van der Waals surface area contributed by atoms with Crippen LogP contribution in [0.4, 0.5) is 5.69 Å². The molecule has 166 valence electrons. The van der Waals surface area contributed by atoms with Gasteiger partial charge in [-0.3, -0.25) is 4.79 Å². The molecule has 0 fully saturated rings. The third kappa shape index (κ3) is 7.05. The van der Waals surface area contributed by atoms with Crippen molar-refractivity contribution in [3.05, 3.63) is 86.9 Å². The maximum absolute atomic E-state index is 11.9. The van der Waals surface area contributed by atoms with Gasteiger partial charge in [0.1, 0.15) is 6.61 Å². The minimum atomic E-state index is -0.356. The van der Waals surface area contributed by atoms with E-state index in [0.29, 0.717) is 44.4 Å². The number of oxime groups is 1. The zero-order valence-corrected chi connectivity index (χ0v) is 19.2. The van der Waals surface area contributed by atoms with Crippen molar-refractivity contribution in [2.24, 2.45) is 5.16 Å². The fourth-order valence-electron chi connectivity index (χ4n) is 2.61. The number of nitrogens with one attached hydrogen (secondary N) is 1. The number of halogens is 3. The molecular weight excluding hydrogens is 475 g/mol. The third-order valence-electron chi connectivity index (χ3n) is 4.15. The van der Waals surface area contributed by atoms with Crippen molar-refractivity contribution in [3.63, 3.8) is 0 Å². The van der Waals surface area contributed by atoms with E-state index in [0.717, 1.165) is 5.56 Å². The number of hydrogen-bond donors (Lipinski definition) is 1. The molecule has 0 aliphatic carbocycles. The fraction of sp³-hybridized carbons (Fsp3) is 0.130. The second kappa shape index (κ2) is 11.6. The lowest BCUT2D eigenvalue weighted by Crippen LogP contribution is -2.16. The van der Waals surface area contributed by atoms with E-state index >= 15 is 0 Å². The first kappa shape index (κ1) is 23.7. The highest BCUT2D eigenvalue weighted by atomic mass is 35.5. The Bertz CT molecular complexity index is 1090. The van der Waals surface area contributed by atoms with Crippen LogP contribution in [-0.4, -0.2) is 25.8 Å². The minimum absolute atomic E-state index is 0.258. The van der Waals surface area contributed by atoms with Crippen LogP contribution in [0.15, 0.2) is 65.8 Å². The van der Waals surface area contributed by atoms with Crippen molar-refractivity contribution in [2.45, 2.75) is 6.61 Å². The lowest BCUT2D eigenvalue weighted by atomic mass is 10.2. The Morgan fingerprint density at radius 2 is 1.66 bits per heavy atom. The number of methoxy groups -OCH3 is 1. The monoisotopic (exact) mass is 492 g/mol. The second-order valence-corrected chi connectivity index (χ2v) is 7.79. The number of carbonyl (C=O) groups excluding carboxylic acids is 1. The lowest BCUT2D eigenvalue weighted by Gasteiger charge is -2.13. The Hall–Kier alpha value is -2.93. The van der Waals surface area contributed by atoms with Crippen LogP contribution in [0.1, 0.15) is 11.1 Å². The van der Waals surface area contributed by atoms with Crippen LogP contribution in [0.2, 0.25) is 15.1 Å². The molecule has 0 heterocycles. The van der Waals surface area contributed by atoms with E-state index in [1.54, 1.807) is 48.5 Å². The molecule has 0 saturated heterocycles. The van der Waals surface area contributed by atoms with Gasteiger partial charge >= 0.3 is 0 Å². The maximum Gasteiger partial charge on any atom is 0.265 e. The van der Waals surface area contributed by atoms with Crippen LogP contribution < -0.4 is 14.8 Å². The van der Waals surface area contributed by atoms with Gasteiger partial charge in [0.05, 0.1) is 18.3 Å². The molecule has 9 heteroatoms. The molecule has 1 N–H and O–H groups in total. The van der Waals surface area contributed by atoms with E-state index in [1.807, 2.05) is 12.1 Å². The standard InChI is InChI=1S/C23H19Cl3N2O4/c1-30-21-11-16(10-20(26)23(21)31-13-15-2-4-17(24)5-3-15)12-27-32-14-22(29)28-19-8-6-18(25)7-9-19/h2-12H,13-14H2,1H3,(H,28,29)/b27-12+. The van der Waals surface area contributed by atoms with E-state index in [-0.39, 0.29) is 12.5 Å². The number of benzene rings is 3. The highest BCUT2D eigenvalue weighted by molar-refractivity contribution is 6.32. The van der Waals surface area contributed by atoms with Crippen molar-refractivity contribution < 1.29 is 19.1 Å². The predicted octanol–water partition coefficient (Wildman–Crippen LogP) is 6.22. The maximum atomic E-state index is 11.9. The fourth-order valence-corrected chi connectivity index (χ4v) is 3.14. The first-order valence-electron chi connectivity index (χ1n) is 9.40. The third-order valence-corrected chi connectivity index (χ3v) is 4.93. The number of ether oxygens (including phenoxy) is 2. The lowest BCUT2D eigenvalue weighted by molar-refractivity contribution is -0.120. The molecule has 0 radical (unpaired) electrons. The van der Waals surface area contributed by atoms with E-state index in [9.17, 15) is 4.79 Å². The molecule has 6 nitrogen and oxygen atoms in total. The first-order chi connectivity index (χ1) is 15.4. The van der Waals surface area contributed by atoms with Crippen molar-refractivity contribution in [3.8, 4) is 11.5 Å². The first-order valence-corrected chi connectivity index (χ1v) is 10.5. The van der Waals surface area contributed by atoms with Crippen molar-refractivity contribution in [2.75, 3.05) is 19.0 Å². The second-order valence-electron chi connectivity index (χ2n) is 6.51. The number of hydrogen-bond acceptors (Lipinski definition) is 5. The molecule has 3 aromatic carbocycles. The summed E-state index contributed by atoms with van der Waals surface area (Å²) in [6.45, 7) is 0.0405. The molecule has 0 aromatic heterocycles. The average Bonchev–Trinajstić information content (AvgIpc) is 2.78. The van der Waals surface area contributed by atoms with E-state index < -0.39 is 0 Å². The summed E-state index contributed by atoms with van der Waals surface area (Å²) < 4.78 is 11.2. The normalized spacial score (nSPS) is 10.8. The highest BCUT2D eigenvalue weighted by Crippen LogP contribution is 2.36. The molecule has 0 bridgehead atoms. The van der Waals surface area contributed by atoms with Crippen molar-refractivity contribution in [1.29, 1.82) is 0 Å². The van der Waals surface area contributed by atoms with Gasteiger partial charge in [0.2, 0.25) is 0 Å². The van der Waals surface area contributed by atoms with Gasteiger partial charge in [-0.1, -0.05) is 52.1 Å². The van der Waals surface area contributed by atoms with Gasteiger partial charge in [-0.25, -0.2) is 0 Å². The molecule has 1 amide bonds. The van der Waals surface area contributed by atoms with Gasteiger partial charge in [0.25, 0.3) is 5.91 Å². The number of carbonyl (C=O) groups is 1. The largest absolute Gasteiger partial charge is 0.493 e. The average molecular weight is 494 g/mol. The SMILES string of the molecule is COc1cc(/C=N/OCC(=O)Nc2ccc(Cl)cc2)cc(Cl)c1OCc1ccc(Cl)cc1. The minimum Gasteiger partial charge on any atom is -0.493 e. The molecule has 0 aliphatic heterocycles. The van der Waals surface area contributed by atoms with Gasteiger partial charge in [-0.2, -0.15) is 0 Å². The van der Waals surface area contributed by atoms with E-state index in [1.165, 1.54) is 13.3 Å². The van der Waals surface area contributed by atoms with E-state index in [4.69, 9.17) is 49.1 Å². The van der Waals surface area contributed by atoms with Crippen molar-refractivity contribution in [1.82, 2.24) is 0 Å². The zero-order chi connectivity index (χ0) is 22.9. The quantitative estimate of drug-likeness (QED) is 0.284. The molecule has 3 aromatic rings. The van der Waals surface area contributed by atoms with Crippen LogP contribution in [0.5, 0.6) is 11.5 Å². The summed E-state index contributed by atoms with van der Waals surface area (Å²) in [5, 5.41) is 8.06. The summed E-state index contributed by atoms with van der Waals surface area (Å²) in [5.74, 6) is 0.490. The van der Waals surface area contributed by atoms with Gasteiger partial charge in [-0.15, -0.1) is 0 Å². The Labute approximate surface area is 200 Å². The number of nitrogens with zero attached hydrogens (tertiary/aromatic N) is 1. The van der Waals surface area contributed by atoms with Crippen LogP contribution >= 0.6 is 34.8 Å². The topological polar surface area (TPSA) is 69.2 Å². The Morgan fingerprint density at radius 3 is 2.31 bits per heavy atom. The molecule has 0 atom stereocenters. The molecule has 32 heavy (non-hydrogen) atoms. The number of rotatable bonds is 9. The summed E-state index contributed by atoms with van der Waals surface area (Å²) in [5.41, 5.74) is 2.16. The summed E-state index contributed by atoms with van der Waals surface area (Å²) >= 11 is 18.1. The van der Waals surface area contributed by atoms with Gasteiger partial charge in [0, 0.05) is 21.3 Å². The molecular formula is C23H19Cl3N2O4. The van der Waals surface area contributed by atoms with E-state index in [2.05, 4.69) is 10.5 Å². The number of amides is 1. The van der Waals surface area contributed by atoms with Crippen LogP contribution in [0.3, 0.4) is 0 Å². The molecule has 3 rings (SSSR count). The highest BCUT2D eigenvalue weighted by Gasteiger charge is 2.12. The van der Waals surface area contributed by atoms with Gasteiger partial charge in [0.15, 0.2) is 18.1 Å².